The van der Waals surface area contributed by atoms with Gasteiger partial charge in [0.2, 0.25) is 5.89 Å². The summed E-state index contributed by atoms with van der Waals surface area (Å²) in [6, 6.07) is 0.248. The molecule has 0 aromatic carbocycles. The molecule has 0 aliphatic carbocycles. The number of aromatic nitrogens is 2. The monoisotopic (exact) mass is 197 g/mol. The molecule has 1 atom stereocenters. The molecule has 0 bridgehead atoms. The number of nitrogens with zero attached hydrogens (tertiary/aromatic N) is 2. The first-order valence-electron chi connectivity index (χ1n) is 5.03. The molecule has 1 fully saturated rings. The Balaban J connectivity index is 1.94. The molecule has 0 amide bonds. The molecule has 2 rings (SSSR count). The number of hydrogen-bond acceptors (Lipinski definition) is 5. The molecule has 1 aromatic heterocycles. The predicted molar refractivity (Wildman–Crippen MR) is 49.6 cm³/mol. The molecule has 14 heavy (non-hydrogen) atoms. The van der Waals surface area contributed by atoms with Crippen molar-refractivity contribution in [1.82, 2.24) is 15.5 Å². The molecule has 1 aliphatic rings. The fourth-order valence-corrected chi connectivity index (χ4v) is 1.56. The molecule has 1 aromatic rings. The molecule has 0 radical (unpaired) electrons. The maximum atomic E-state index is 5.19. The van der Waals surface area contributed by atoms with Crippen molar-refractivity contribution in [3.8, 4) is 0 Å². The normalized spacial score (nSPS) is 21.6. The Kier molecular flexibility index (Phi) is 3.10. The van der Waals surface area contributed by atoms with E-state index in [4.69, 9.17) is 9.26 Å². The Morgan fingerprint density at radius 2 is 2.57 bits per heavy atom. The zero-order valence-electron chi connectivity index (χ0n) is 8.32. The van der Waals surface area contributed by atoms with Gasteiger partial charge in [-0.25, -0.2) is 0 Å². The van der Waals surface area contributed by atoms with Crippen LogP contribution in [0.1, 0.15) is 37.5 Å². The average Bonchev–Trinajstić information content (AvgIpc) is 2.85. The molecule has 5 heteroatoms. The Bertz CT molecular complexity index is 281. The lowest BCUT2D eigenvalue weighted by Crippen LogP contribution is -2.13. The van der Waals surface area contributed by atoms with Crippen molar-refractivity contribution < 1.29 is 9.26 Å². The van der Waals surface area contributed by atoms with Gasteiger partial charge in [0, 0.05) is 6.61 Å². The summed E-state index contributed by atoms with van der Waals surface area (Å²) in [5.74, 6) is 1.33. The minimum absolute atomic E-state index is 0.248. The molecular formula is C9H15N3O2. The van der Waals surface area contributed by atoms with Crippen molar-refractivity contribution in [2.45, 2.75) is 32.4 Å². The van der Waals surface area contributed by atoms with Gasteiger partial charge in [0.1, 0.15) is 6.61 Å². The molecule has 0 spiro atoms. The van der Waals surface area contributed by atoms with Crippen LogP contribution in [0.2, 0.25) is 0 Å². The third-order valence-electron chi connectivity index (χ3n) is 2.28. The van der Waals surface area contributed by atoms with Crippen LogP contribution in [0.4, 0.5) is 0 Å². The number of nitrogens with one attached hydrogen (secondary N) is 1. The van der Waals surface area contributed by atoms with Crippen LogP contribution in [0.15, 0.2) is 4.52 Å². The van der Waals surface area contributed by atoms with Crippen LogP contribution >= 0.6 is 0 Å². The van der Waals surface area contributed by atoms with Crippen LogP contribution in [0.25, 0.3) is 0 Å². The van der Waals surface area contributed by atoms with Crippen LogP contribution in [0.3, 0.4) is 0 Å². The van der Waals surface area contributed by atoms with E-state index in [0.717, 1.165) is 13.0 Å². The quantitative estimate of drug-likeness (QED) is 0.781. The lowest BCUT2D eigenvalue weighted by molar-refractivity contribution is 0.126. The summed E-state index contributed by atoms with van der Waals surface area (Å²) in [6.07, 6.45) is 2.25. The first kappa shape index (κ1) is 9.61. The van der Waals surface area contributed by atoms with Gasteiger partial charge in [-0.1, -0.05) is 5.16 Å². The first-order valence-corrected chi connectivity index (χ1v) is 5.03. The van der Waals surface area contributed by atoms with Crippen molar-refractivity contribution in [1.29, 1.82) is 0 Å². The van der Waals surface area contributed by atoms with E-state index in [2.05, 4.69) is 15.5 Å². The molecule has 5 nitrogen and oxygen atoms in total. The lowest BCUT2D eigenvalue weighted by Gasteiger charge is -2.01. The van der Waals surface area contributed by atoms with Crippen molar-refractivity contribution in [3.05, 3.63) is 11.7 Å². The zero-order chi connectivity index (χ0) is 9.80. The lowest BCUT2D eigenvalue weighted by atomic mass is 10.2. The van der Waals surface area contributed by atoms with Gasteiger partial charge >= 0.3 is 0 Å². The molecule has 1 aliphatic heterocycles. The largest absolute Gasteiger partial charge is 0.374 e. The van der Waals surface area contributed by atoms with Gasteiger partial charge in [0.15, 0.2) is 5.82 Å². The van der Waals surface area contributed by atoms with Crippen molar-refractivity contribution in [2.75, 3.05) is 13.2 Å². The van der Waals surface area contributed by atoms with E-state index in [1.165, 1.54) is 6.42 Å². The Labute approximate surface area is 82.8 Å². The highest BCUT2D eigenvalue weighted by Crippen LogP contribution is 2.20. The summed E-state index contributed by atoms with van der Waals surface area (Å²) in [5.41, 5.74) is 0. The van der Waals surface area contributed by atoms with E-state index in [-0.39, 0.29) is 6.04 Å². The van der Waals surface area contributed by atoms with Crippen molar-refractivity contribution >= 4 is 0 Å². The van der Waals surface area contributed by atoms with E-state index in [9.17, 15) is 0 Å². The highest BCUT2D eigenvalue weighted by atomic mass is 16.5. The summed E-state index contributed by atoms with van der Waals surface area (Å²) < 4.78 is 10.3. The molecule has 2 heterocycles. The molecule has 1 N–H and O–H groups in total. The number of rotatable bonds is 4. The minimum atomic E-state index is 0.248. The van der Waals surface area contributed by atoms with Gasteiger partial charge in [0.05, 0.1) is 6.04 Å². The van der Waals surface area contributed by atoms with Gasteiger partial charge in [-0.2, -0.15) is 4.98 Å². The first-order chi connectivity index (χ1) is 6.90. The molecule has 0 saturated carbocycles. The van der Waals surface area contributed by atoms with Crippen molar-refractivity contribution in [3.63, 3.8) is 0 Å². The second-order valence-corrected chi connectivity index (χ2v) is 3.33. The van der Waals surface area contributed by atoms with E-state index in [0.29, 0.717) is 24.9 Å². The van der Waals surface area contributed by atoms with Crippen LogP contribution in [0.5, 0.6) is 0 Å². The van der Waals surface area contributed by atoms with Crippen LogP contribution < -0.4 is 5.32 Å². The maximum absolute atomic E-state index is 5.19. The van der Waals surface area contributed by atoms with E-state index in [1.54, 1.807) is 0 Å². The Morgan fingerprint density at radius 1 is 1.64 bits per heavy atom. The molecule has 1 unspecified atom stereocenters. The zero-order valence-corrected chi connectivity index (χ0v) is 8.32. The highest BCUT2D eigenvalue weighted by Gasteiger charge is 2.22. The van der Waals surface area contributed by atoms with Gasteiger partial charge in [0.25, 0.3) is 0 Å². The van der Waals surface area contributed by atoms with Crippen LogP contribution in [-0.2, 0) is 11.3 Å². The van der Waals surface area contributed by atoms with E-state index >= 15 is 0 Å². The second-order valence-electron chi connectivity index (χ2n) is 3.33. The van der Waals surface area contributed by atoms with Gasteiger partial charge in [-0.05, 0) is 26.3 Å². The third kappa shape index (κ3) is 2.10. The minimum Gasteiger partial charge on any atom is -0.374 e. The SMILES string of the molecule is CCOCc1noc(C2CCCN2)n1. The molecule has 78 valence electrons. The maximum Gasteiger partial charge on any atom is 0.243 e. The fraction of sp³-hybridized carbons (Fsp3) is 0.778. The molecular weight excluding hydrogens is 182 g/mol. The number of hydrogen-bond donors (Lipinski definition) is 1. The standard InChI is InChI=1S/C9H15N3O2/c1-2-13-6-8-11-9(14-12-8)7-4-3-5-10-7/h7,10H,2-6H2,1H3. The topological polar surface area (TPSA) is 60.2 Å². The average molecular weight is 197 g/mol. The highest BCUT2D eigenvalue weighted by molar-refractivity contribution is 4.94. The smallest absolute Gasteiger partial charge is 0.243 e. The second kappa shape index (κ2) is 4.52. The summed E-state index contributed by atoms with van der Waals surface area (Å²) in [6.45, 7) is 4.09. The molecule has 1 saturated heterocycles. The van der Waals surface area contributed by atoms with Gasteiger partial charge in [-0.3, -0.25) is 0 Å². The summed E-state index contributed by atoms with van der Waals surface area (Å²) in [4.78, 5) is 4.26. The van der Waals surface area contributed by atoms with Crippen LogP contribution in [0, 0.1) is 0 Å². The Morgan fingerprint density at radius 3 is 3.29 bits per heavy atom. The summed E-state index contributed by atoms with van der Waals surface area (Å²) in [5, 5.41) is 7.15. The summed E-state index contributed by atoms with van der Waals surface area (Å²) in [7, 11) is 0. The predicted octanol–water partition coefficient (Wildman–Crippen LogP) is 1.03. The van der Waals surface area contributed by atoms with Gasteiger partial charge in [-0.15, -0.1) is 0 Å². The van der Waals surface area contributed by atoms with Crippen LogP contribution in [-0.4, -0.2) is 23.3 Å². The third-order valence-corrected chi connectivity index (χ3v) is 2.28. The Hall–Kier alpha value is -0.940. The fourth-order valence-electron chi connectivity index (χ4n) is 1.56. The van der Waals surface area contributed by atoms with Gasteiger partial charge < -0.3 is 14.6 Å². The summed E-state index contributed by atoms with van der Waals surface area (Å²) >= 11 is 0. The van der Waals surface area contributed by atoms with E-state index in [1.807, 2.05) is 6.92 Å². The van der Waals surface area contributed by atoms with Crippen molar-refractivity contribution in [2.24, 2.45) is 0 Å². The van der Waals surface area contributed by atoms with E-state index < -0.39 is 0 Å². The number of ether oxygens (including phenoxy) is 1.